The number of nitrogens with zero attached hydrogens (tertiary/aromatic N) is 3. The predicted molar refractivity (Wildman–Crippen MR) is 119 cm³/mol. The second-order valence-electron chi connectivity index (χ2n) is 7.36. The Balaban J connectivity index is 0.00000280. The lowest BCUT2D eigenvalue weighted by atomic mass is 9.96. The predicted octanol–water partition coefficient (Wildman–Crippen LogP) is 3.78. The second-order valence-corrected chi connectivity index (χ2v) is 7.36. The molecule has 1 fully saturated rings. The van der Waals surface area contributed by atoms with Gasteiger partial charge in [-0.1, -0.05) is 31.1 Å². The van der Waals surface area contributed by atoms with Gasteiger partial charge in [-0.2, -0.15) is 4.98 Å². The molecule has 1 heterocycles. The summed E-state index contributed by atoms with van der Waals surface area (Å²) in [4.78, 5) is 9.11. The summed E-state index contributed by atoms with van der Waals surface area (Å²) in [7, 11) is 0. The summed E-state index contributed by atoms with van der Waals surface area (Å²) < 4.78 is 18.8. The molecule has 1 saturated carbocycles. The molecule has 0 aliphatic heterocycles. The maximum atomic E-state index is 13.5. The number of guanidine groups is 1. The SMILES string of the molecule is CCNC(=NCC1(c2cccc(F)c2)CC1)NCCc1nc(C(C)C)no1.I. The maximum absolute atomic E-state index is 13.5. The standard InChI is InChI=1S/C20H28FN5O.HI/c1-4-22-19(23-11-8-17-25-18(14(2)3)26-27-17)24-13-20(9-10-20)15-6-5-7-16(21)12-15;/h5-7,12,14H,4,8-11,13H2,1-3H3,(H2,22,23,24);1H. The number of aromatic nitrogens is 2. The summed E-state index contributed by atoms with van der Waals surface area (Å²) in [5.74, 6) is 2.18. The number of rotatable bonds is 8. The van der Waals surface area contributed by atoms with Crippen LogP contribution in [0.4, 0.5) is 4.39 Å². The molecule has 1 aromatic carbocycles. The normalized spacial score (nSPS) is 15.2. The molecular formula is C20H29FIN5O. The molecule has 6 nitrogen and oxygen atoms in total. The Kier molecular flexibility index (Phi) is 8.21. The maximum Gasteiger partial charge on any atom is 0.228 e. The lowest BCUT2D eigenvalue weighted by Gasteiger charge is -2.16. The fraction of sp³-hybridized carbons (Fsp3) is 0.550. The number of nitrogens with one attached hydrogen (secondary N) is 2. The Morgan fingerprint density at radius 2 is 2.11 bits per heavy atom. The summed E-state index contributed by atoms with van der Waals surface area (Å²) in [5.41, 5.74) is 1.01. The number of hydrogen-bond acceptors (Lipinski definition) is 4. The Morgan fingerprint density at radius 3 is 2.71 bits per heavy atom. The van der Waals surface area contributed by atoms with Gasteiger partial charge in [0.05, 0.1) is 6.54 Å². The van der Waals surface area contributed by atoms with Crippen molar-refractivity contribution in [3.05, 3.63) is 47.4 Å². The molecule has 1 aromatic heterocycles. The van der Waals surface area contributed by atoms with Gasteiger partial charge in [0.15, 0.2) is 11.8 Å². The first-order chi connectivity index (χ1) is 13.0. The molecule has 0 amide bonds. The van der Waals surface area contributed by atoms with Gasteiger partial charge in [0.1, 0.15) is 5.82 Å². The number of hydrogen-bond donors (Lipinski definition) is 2. The van der Waals surface area contributed by atoms with E-state index in [2.05, 4.69) is 20.8 Å². The van der Waals surface area contributed by atoms with Crippen LogP contribution in [-0.2, 0) is 11.8 Å². The van der Waals surface area contributed by atoms with Crippen molar-refractivity contribution in [2.24, 2.45) is 4.99 Å². The van der Waals surface area contributed by atoms with E-state index in [0.29, 0.717) is 25.4 Å². The van der Waals surface area contributed by atoms with Gasteiger partial charge >= 0.3 is 0 Å². The van der Waals surface area contributed by atoms with Crippen LogP contribution in [0.2, 0.25) is 0 Å². The minimum atomic E-state index is -0.187. The van der Waals surface area contributed by atoms with Crippen molar-refractivity contribution in [3.8, 4) is 0 Å². The molecule has 0 spiro atoms. The highest BCUT2D eigenvalue weighted by molar-refractivity contribution is 14.0. The van der Waals surface area contributed by atoms with Gasteiger partial charge in [-0.15, -0.1) is 24.0 Å². The lowest BCUT2D eigenvalue weighted by molar-refractivity contribution is 0.371. The summed E-state index contributed by atoms with van der Waals surface area (Å²) in [5, 5.41) is 10.5. The highest BCUT2D eigenvalue weighted by atomic mass is 127. The van der Waals surface area contributed by atoms with Gasteiger partial charge in [0.25, 0.3) is 0 Å². The van der Waals surface area contributed by atoms with Crippen LogP contribution in [0, 0.1) is 5.82 Å². The number of aliphatic imine (C=N–C) groups is 1. The molecule has 2 N–H and O–H groups in total. The van der Waals surface area contributed by atoms with Crippen molar-refractivity contribution >= 4 is 29.9 Å². The molecule has 0 saturated heterocycles. The monoisotopic (exact) mass is 501 g/mol. The molecule has 1 aliphatic rings. The molecule has 1 aliphatic carbocycles. The van der Waals surface area contributed by atoms with E-state index < -0.39 is 0 Å². The van der Waals surface area contributed by atoms with E-state index in [1.807, 2.05) is 26.8 Å². The van der Waals surface area contributed by atoms with E-state index >= 15 is 0 Å². The largest absolute Gasteiger partial charge is 0.357 e. The average molecular weight is 501 g/mol. The van der Waals surface area contributed by atoms with Gasteiger partial charge < -0.3 is 15.2 Å². The third-order valence-electron chi connectivity index (χ3n) is 4.81. The van der Waals surface area contributed by atoms with Gasteiger partial charge in [-0.3, -0.25) is 4.99 Å². The number of benzene rings is 1. The Morgan fingerprint density at radius 1 is 1.32 bits per heavy atom. The minimum absolute atomic E-state index is 0. The van der Waals surface area contributed by atoms with Crippen LogP contribution in [0.25, 0.3) is 0 Å². The van der Waals surface area contributed by atoms with Gasteiger partial charge in [-0.25, -0.2) is 4.39 Å². The zero-order chi connectivity index (χ0) is 19.3. The van der Waals surface area contributed by atoms with Crippen LogP contribution >= 0.6 is 24.0 Å². The van der Waals surface area contributed by atoms with E-state index in [-0.39, 0.29) is 41.1 Å². The summed E-state index contributed by atoms with van der Waals surface area (Å²) in [6.45, 7) is 8.17. The fourth-order valence-electron chi connectivity index (χ4n) is 2.97. The molecule has 0 bridgehead atoms. The van der Waals surface area contributed by atoms with Crippen LogP contribution in [0.15, 0.2) is 33.8 Å². The van der Waals surface area contributed by atoms with Crippen LogP contribution in [-0.4, -0.2) is 35.7 Å². The molecule has 8 heteroatoms. The van der Waals surface area contributed by atoms with Crippen molar-refractivity contribution in [3.63, 3.8) is 0 Å². The average Bonchev–Trinajstić information content (AvgIpc) is 3.29. The molecular weight excluding hydrogens is 472 g/mol. The molecule has 0 unspecified atom stereocenters. The zero-order valence-corrected chi connectivity index (χ0v) is 19.0. The third-order valence-corrected chi connectivity index (χ3v) is 4.81. The van der Waals surface area contributed by atoms with Crippen molar-refractivity contribution in [2.75, 3.05) is 19.6 Å². The van der Waals surface area contributed by atoms with E-state index in [1.54, 1.807) is 12.1 Å². The Hall–Kier alpha value is -1.71. The Bertz CT molecular complexity index is 788. The molecule has 0 radical (unpaired) electrons. The Labute approximate surface area is 182 Å². The lowest BCUT2D eigenvalue weighted by Crippen LogP contribution is -2.39. The molecule has 0 atom stereocenters. The van der Waals surface area contributed by atoms with E-state index in [9.17, 15) is 4.39 Å². The third kappa shape index (κ3) is 5.89. The summed E-state index contributed by atoms with van der Waals surface area (Å²) >= 11 is 0. The topological polar surface area (TPSA) is 75.3 Å². The molecule has 28 heavy (non-hydrogen) atoms. The molecule has 2 aromatic rings. The first-order valence-electron chi connectivity index (χ1n) is 9.63. The zero-order valence-electron chi connectivity index (χ0n) is 16.7. The quantitative estimate of drug-likeness (QED) is 0.327. The van der Waals surface area contributed by atoms with Gasteiger partial charge in [0.2, 0.25) is 5.89 Å². The smallest absolute Gasteiger partial charge is 0.228 e. The van der Waals surface area contributed by atoms with Crippen molar-refractivity contribution in [1.82, 2.24) is 20.8 Å². The molecule has 3 rings (SSSR count). The first-order valence-corrected chi connectivity index (χ1v) is 9.63. The van der Waals surface area contributed by atoms with Gasteiger partial charge in [-0.05, 0) is 37.5 Å². The van der Waals surface area contributed by atoms with Crippen molar-refractivity contribution in [2.45, 2.75) is 51.4 Å². The highest BCUT2D eigenvalue weighted by Gasteiger charge is 2.44. The van der Waals surface area contributed by atoms with Crippen LogP contribution < -0.4 is 10.6 Å². The minimum Gasteiger partial charge on any atom is -0.357 e. The second kappa shape index (κ2) is 10.2. The molecule has 154 valence electrons. The first kappa shape index (κ1) is 22.6. The van der Waals surface area contributed by atoms with Crippen LogP contribution in [0.1, 0.15) is 56.8 Å². The van der Waals surface area contributed by atoms with Gasteiger partial charge in [0, 0.05) is 30.8 Å². The number of halogens is 2. The van der Waals surface area contributed by atoms with Crippen LogP contribution in [0.3, 0.4) is 0 Å². The van der Waals surface area contributed by atoms with Crippen LogP contribution in [0.5, 0.6) is 0 Å². The van der Waals surface area contributed by atoms with E-state index in [0.717, 1.165) is 36.7 Å². The van der Waals surface area contributed by atoms with Crippen molar-refractivity contribution < 1.29 is 8.91 Å². The summed E-state index contributed by atoms with van der Waals surface area (Å²) in [6.07, 6.45) is 2.72. The highest BCUT2D eigenvalue weighted by Crippen LogP contribution is 2.48. The summed E-state index contributed by atoms with van der Waals surface area (Å²) in [6, 6.07) is 6.88. The fourth-order valence-corrected chi connectivity index (χ4v) is 2.97. The van der Waals surface area contributed by atoms with Crippen molar-refractivity contribution in [1.29, 1.82) is 0 Å². The van der Waals surface area contributed by atoms with E-state index in [4.69, 9.17) is 9.52 Å². The van der Waals surface area contributed by atoms with E-state index in [1.165, 1.54) is 6.07 Å².